The van der Waals surface area contributed by atoms with Gasteiger partial charge in [0, 0.05) is 31.5 Å². The number of amides is 1. The van der Waals surface area contributed by atoms with Crippen LogP contribution in [0.25, 0.3) is 5.82 Å². The highest BCUT2D eigenvalue weighted by Crippen LogP contribution is 2.13. The fraction of sp³-hybridized carbons (Fsp3) is 0.263. The summed E-state index contributed by atoms with van der Waals surface area (Å²) < 4.78 is 20.0. The molecule has 9 heteroatoms. The highest BCUT2D eigenvalue weighted by molar-refractivity contribution is 5.77. The SMILES string of the molecule is Cc1nc(NCCNC(=O)COc2ccc(F)cc2)cc(-n2ccnc2C)n1. The van der Waals surface area contributed by atoms with Crippen LogP contribution in [0.3, 0.4) is 0 Å². The number of imidazole rings is 1. The van der Waals surface area contributed by atoms with Crippen LogP contribution < -0.4 is 15.4 Å². The molecule has 0 unspecified atom stereocenters. The smallest absolute Gasteiger partial charge is 0.258 e. The number of benzene rings is 1. The fourth-order valence-electron chi connectivity index (χ4n) is 2.51. The largest absolute Gasteiger partial charge is 0.484 e. The van der Waals surface area contributed by atoms with Gasteiger partial charge in [-0.2, -0.15) is 0 Å². The maximum atomic E-state index is 12.8. The van der Waals surface area contributed by atoms with E-state index in [0.717, 1.165) is 11.6 Å². The minimum atomic E-state index is -0.353. The molecule has 8 nitrogen and oxygen atoms in total. The number of ether oxygens (including phenoxy) is 1. The molecule has 0 aliphatic rings. The number of halogens is 1. The standard InChI is InChI=1S/C19H21FN6O2/c1-13-24-17(11-18(25-13)26-10-9-21-14(26)2)22-7-8-23-19(27)12-28-16-5-3-15(20)4-6-16/h3-6,9-11H,7-8,12H2,1-2H3,(H,23,27)(H,22,24,25). The third-order valence-electron chi connectivity index (χ3n) is 3.83. The van der Waals surface area contributed by atoms with Crippen molar-refractivity contribution < 1.29 is 13.9 Å². The second-order valence-electron chi connectivity index (χ2n) is 6.02. The van der Waals surface area contributed by atoms with Gasteiger partial charge in [0.25, 0.3) is 5.91 Å². The highest BCUT2D eigenvalue weighted by atomic mass is 19.1. The topological polar surface area (TPSA) is 94.0 Å². The van der Waals surface area contributed by atoms with Crippen LogP contribution in [-0.2, 0) is 4.79 Å². The summed E-state index contributed by atoms with van der Waals surface area (Å²) in [5, 5.41) is 5.90. The minimum Gasteiger partial charge on any atom is -0.484 e. The van der Waals surface area contributed by atoms with Gasteiger partial charge in [0.05, 0.1) is 0 Å². The Kier molecular flexibility index (Phi) is 6.15. The Balaban J connectivity index is 1.45. The summed E-state index contributed by atoms with van der Waals surface area (Å²) in [6.45, 7) is 4.46. The number of anilines is 1. The molecule has 0 atom stereocenters. The molecule has 0 spiro atoms. The maximum Gasteiger partial charge on any atom is 0.258 e. The van der Waals surface area contributed by atoms with E-state index in [1.807, 2.05) is 30.7 Å². The van der Waals surface area contributed by atoms with Gasteiger partial charge in [-0.1, -0.05) is 0 Å². The Bertz CT molecular complexity index is 942. The number of hydrogen-bond acceptors (Lipinski definition) is 6. The predicted molar refractivity (Wildman–Crippen MR) is 102 cm³/mol. The molecule has 146 valence electrons. The van der Waals surface area contributed by atoms with Crippen LogP contribution in [0, 0.1) is 19.7 Å². The van der Waals surface area contributed by atoms with Gasteiger partial charge in [0.1, 0.15) is 34.9 Å². The molecule has 2 heterocycles. The van der Waals surface area contributed by atoms with Crippen LogP contribution in [0.15, 0.2) is 42.7 Å². The lowest BCUT2D eigenvalue weighted by molar-refractivity contribution is -0.123. The van der Waals surface area contributed by atoms with Crippen LogP contribution in [0.1, 0.15) is 11.6 Å². The van der Waals surface area contributed by atoms with Crippen LogP contribution >= 0.6 is 0 Å². The van der Waals surface area contributed by atoms with Crippen LogP contribution in [0.2, 0.25) is 0 Å². The Hall–Kier alpha value is -3.49. The van der Waals surface area contributed by atoms with Crippen molar-refractivity contribution in [2.24, 2.45) is 0 Å². The molecule has 1 aromatic carbocycles. The molecule has 0 aliphatic heterocycles. The first kappa shape index (κ1) is 19.3. The average Bonchev–Trinajstić information content (AvgIpc) is 3.10. The molecule has 0 aliphatic carbocycles. The summed E-state index contributed by atoms with van der Waals surface area (Å²) in [5.41, 5.74) is 0. The zero-order chi connectivity index (χ0) is 19.9. The van der Waals surface area contributed by atoms with Gasteiger partial charge in [-0.25, -0.2) is 19.3 Å². The van der Waals surface area contributed by atoms with Crippen molar-refractivity contribution >= 4 is 11.7 Å². The van der Waals surface area contributed by atoms with Gasteiger partial charge >= 0.3 is 0 Å². The zero-order valence-electron chi connectivity index (χ0n) is 15.6. The van der Waals surface area contributed by atoms with Gasteiger partial charge in [-0.3, -0.25) is 9.36 Å². The summed E-state index contributed by atoms with van der Waals surface area (Å²) in [4.78, 5) is 24.8. The summed E-state index contributed by atoms with van der Waals surface area (Å²) in [6, 6.07) is 7.32. The molecule has 3 rings (SSSR count). The van der Waals surface area contributed by atoms with Gasteiger partial charge in [0.2, 0.25) is 0 Å². The van der Waals surface area contributed by atoms with E-state index in [2.05, 4.69) is 25.6 Å². The van der Waals surface area contributed by atoms with Crippen molar-refractivity contribution in [1.82, 2.24) is 24.8 Å². The molecular weight excluding hydrogens is 363 g/mol. The molecule has 0 saturated heterocycles. The molecule has 0 bridgehead atoms. The summed E-state index contributed by atoms with van der Waals surface area (Å²) >= 11 is 0. The van der Waals surface area contributed by atoms with E-state index in [1.165, 1.54) is 24.3 Å². The fourth-order valence-corrected chi connectivity index (χ4v) is 2.51. The van der Waals surface area contributed by atoms with Crippen molar-refractivity contribution in [3.05, 3.63) is 60.2 Å². The first-order chi connectivity index (χ1) is 13.5. The zero-order valence-corrected chi connectivity index (χ0v) is 15.6. The monoisotopic (exact) mass is 384 g/mol. The van der Waals surface area contributed by atoms with Gasteiger partial charge in [-0.05, 0) is 38.1 Å². The van der Waals surface area contributed by atoms with E-state index >= 15 is 0 Å². The quantitative estimate of drug-likeness (QED) is 0.577. The molecule has 2 N–H and O–H groups in total. The number of nitrogens with zero attached hydrogens (tertiary/aromatic N) is 4. The van der Waals surface area contributed by atoms with Crippen molar-refractivity contribution in [2.75, 3.05) is 25.0 Å². The molecule has 1 amide bonds. The lowest BCUT2D eigenvalue weighted by Gasteiger charge is -2.11. The molecule has 3 aromatic rings. The van der Waals surface area contributed by atoms with Crippen molar-refractivity contribution in [1.29, 1.82) is 0 Å². The van der Waals surface area contributed by atoms with Crippen molar-refractivity contribution in [3.63, 3.8) is 0 Å². The first-order valence-corrected chi connectivity index (χ1v) is 8.76. The first-order valence-electron chi connectivity index (χ1n) is 8.76. The van der Waals surface area contributed by atoms with Gasteiger partial charge in [-0.15, -0.1) is 0 Å². The van der Waals surface area contributed by atoms with E-state index in [4.69, 9.17) is 4.74 Å². The number of rotatable bonds is 8. The summed E-state index contributed by atoms with van der Waals surface area (Å²) in [6.07, 6.45) is 3.55. The number of aromatic nitrogens is 4. The number of carbonyl (C=O) groups is 1. The van der Waals surface area contributed by atoms with Crippen LogP contribution in [-0.4, -0.2) is 45.1 Å². The minimum absolute atomic E-state index is 0.137. The van der Waals surface area contributed by atoms with Crippen LogP contribution in [0.4, 0.5) is 10.2 Å². The number of carbonyl (C=O) groups excluding carboxylic acids is 1. The second-order valence-corrected chi connectivity index (χ2v) is 6.02. The molecular formula is C19H21FN6O2. The Morgan fingerprint density at radius 1 is 1.18 bits per heavy atom. The number of aryl methyl sites for hydroxylation is 2. The molecule has 0 fully saturated rings. The van der Waals surface area contributed by atoms with E-state index in [0.29, 0.717) is 30.5 Å². The molecule has 28 heavy (non-hydrogen) atoms. The normalized spacial score (nSPS) is 10.5. The summed E-state index contributed by atoms with van der Waals surface area (Å²) in [7, 11) is 0. The van der Waals surface area contributed by atoms with Crippen LogP contribution in [0.5, 0.6) is 5.75 Å². The lowest BCUT2D eigenvalue weighted by atomic mass is 10.3. The molecule has 0 radical (unpaired) electrons. The number of nitrogens with one attached hydrogen (secondary N) is 2. The molecule has 0 saturated carbocycles. The maximum absolute atomic E-state index is 12.8. The van der Waals surface area contributed by atoms with Crippen molar-refractivity contribution in [3.8, 4) is 11.6 Å². The van der Waals surface area contributed by atoms with Gasteiger partial charge < -0.3 is 15.4 Å². The van der Waals surface area contributed by atoms with E-state index in [1.54, 1.807) is 6.20 Å². The second kappa shape index (κ2) is 8.94. The van der Waals surface area contributed by atoms with E-state index in [9.17, 15) is 9.18 Å². The van der Waals surface area contributed by atoms with Crippen molar-refractivity contribution in [2.45, 2.75) is 13.8 Å². The predicted octanol–water partition coefficient (Wildman–Crippen LogP) is 2.03. The summed E-state index contributed by atoms with van der Waals surface area (Å²) in [5.74, 6) is 2.67. The third kappa shape index (κ3) is 5.26. The van der Waals surface area contributed by atoms with Gasteiger partial charge in [0.15, 0.2) is 6.61 Å². The van der Waals surface area contributed by atoms with E-state index < -0.39 is 0 Å². The highest BCUT2D eigenvalue weighted by Gasteiger charge is 2.07. The average molecular weight is 384 g/mol. The number of hydrogen-bond donors (Lipinski definition) is 2. The Morgan fingerprint density at radius 2 is 1.96 bits per heavy atom. The van der Waals surface area contributed by atoms with E-state index in [-0.39, 0.29) is 18.3 Å². The third-order valence-corrected chi connectivity index (χ3v) is 3.83. The molecule has 2 aromatic heterocycles. The Labute approximate surface area is 161 Å². The lowest BCUT2D eigenvalue weighted by Crippen LogP contribution is -2.32. The Morgan fingerprint density at radius 3 is 2.68 bits per heavy atom.